The Kier molecular flexibility index (Phi) is 3.75. The number of rotatable bonds is 2. The van der Waals surface area contributed by atoms with Gasteiger partial charge in [0.1, 0.15) is 0 Å². The van der Waals surface area contributed by atoms with Crippen molar-refractivity contribution in [1.29, 1.82) is 0 Å². The Morgan fingerprint density at radius 2 is 1.83 bits per heavy atom. The van der Waals surface area contributed by atoms with Crippen LogP contribution < -0.4 is 5.73 Å². The highest BCUT2D eigenvalue weighted by Gasteiger charge is 2.29. The van der Waals surface area contributed by atoms with Gasteiger partial charge in [-0.05, 0) is 38.3 Å². The van der Waals surface area contributed by atoms with Gasteiger partial charge in [0.05, 0.1) is 4.90 Å². The largest absolute Gasteiger partial charge is 0.328 e. The van der Waals surface area contributed by atoms with E-state index in [0.29, 0.717) is 18.0 Å². The summed E-state index contributed by atoms with van der Waals surface area (Å²) in [5, 5.41) is 0. The van der Waals surface area contributed by atoms with E-state index in [0.717, 1.165) is 24.0 Å². The van der Waals surface area contributed by atoms with Gasteiger partial charge in [-0.1, -0.05) is 17.7 Å². The quantitative estimate of drug-likeness (QED) is 0.882. The number of benzene rings is 1. The molecule has 2 N–H and O–H groups in total. The number of hydrogen-bond acceptors (Lipinski definition) is 3. The molecule has 0 bridgehead atoms. The first kappa shape index (κ1) is 13.5. The van der Waals surface area contributed by atoms with Crippen LogP contribution >= 0.6 is 0 Å². The summed E-state index contributed by atoms with van der Waals surface area (Å²) in [6.07, 6.45) is 1.48. The van der Waals surface area contributed by atoms with Crippen molar-refractivity contribution >= 4 is 10.0 Å². The molecule has 0 radical (unpaired) electrons. The molecule has 0 unspecified atom stereocenters. The number of sulfonamides is 1. The second-order valence-electron chi connectivity index (χ2n) is 5.01. The van der Waals surface area contributed by atoms with Gasteiger partial charge >= 0.3 is 0 Å². The zero-order chi connectivity index (χ0) is 13.3. The van der Waals surface area contributed by atoms with Crippen LogP contribution in [0.2, 0.25) is 0 Å². The Labute approximate surface area is 109 Å². The van der Waals surface area contributed by atoms with E-state index < -0.39 is 10.0 Å². The maximum absolute atomic E-state index is 12.5. The molecule has 5 heteroatoms. The summed E-state index contributed by atoms with van der Waals surface area (Å²) in [7, 11) is -3.36. The monoisotopic (exact) mass is 268 g/mol. The minimum atomic E-state index is -3.36. The second kappa shape index (κ2) is 4.99. The molecule has 2 rings (SSSR count). The van der Waals surface area contributed by atoms with Crippen molar-refractivity contribution < 1.29 is 8.42 Å². The molecule has 4 nitrogen and oxygen atoms in total. The Hall–Kier alpha value is -0.910. The van der Waals surface area contributed by atoms with E-state index in [1.54, 1.807) is 10.4 Å². The number of aryl methyl sites for hydroxylation is 2. The lowest BCUT2D eigenvalue weighted by atomic mass is 10.1. The van der Waals surface area contributed by atoms with Gasteiger partial charge in [0.25, 0.3) is 0 Å². The molecule has 0 atom stereocenters. The van der Waals surface area contributed by atoms with Crippen molar-refractivity contribution in [2.24, 2.45) is 5.73 Å². The minimum Gasteiger partial charge on any atom is -0.328 e. The third kappa shape index (κ3) is 2.58. The van der Waals surface area contributed by atoms with Crippen LogP contribution in [0.25, 0.3) is 0 Å². The van der Waals surface area contributed by atoms with Gasteiger partial charge in [-0.25, -0.2) is 8.42 Å². The van der Waals surface area contributed by atoms with E-state index in [9.17, 15) is 8.42 Å². The van der Waals surface area contributed by atoms with Gasteiger partial charge in [0, 0.05) is 19.1 Å². The van der Waals surface area contributed by atoms with E-state index in [2.05, 4.69) is 0 Å². The van der Waals surface area contributed by atoms with Gasteiger partial charge in [0.2, 0.25) is 10.0 Å². The number of piperidine rings is 1. The first-order valence-corrected chi connectivity index (χ1v) is 7.68. The Balaban J connectivity index is 2.30. The molecule has 0 aromatic heterocycles. The molecule has 1 heterocycles. The van der Waals surface area contributed by atoms with Crippen molar-refractivity contribution in [3.8, 4) is 0 Å². The Morgan fingerprint density at radius 3 is 2.39 bits per heavy atom. The molecule has 0 spiro atoms. The maximum Gasteiger partial charge on any atom is 0.243 e. The molecule has 1 aliphatic rings. The van der Waals surface area contributed by atoms with E-state index in [1.807, 2.05) is 26.0 Å². The fraction of sp³-hybridized carbons (Fsp3) is 0.538. The summed E-state index contributed by atoms with van der Waals surface area (Å²) < 4.78 is 26.6. The lowest BCUT2D eigenvalue weighted by Gasteiger charge is -2.29. The summed E-state index contributed by atoms with van der Waals surface area (Å²) in [5.41, 5.74) is 7.69. The molecule has 1 aromatic rings. The second-order valence-corrected chi connectivity index (χ2v) is 6.92. The van der Waals surface area contributed by atoms with Crippen molar-refractivity contribution in [1.82, 2.24) is 4.31 Å². The topological polar surface area (TPSA) is 63.4 Å². The predicted octanol–water partition coefficient (Wildman–Crippen LogP) is 1.42. The Morgan fingerprint density at radius 1 is 1.22 bits per heavy atom. The molecule has 1 aliphatic heterocycles. The van der Waals surface area contributed by atoms with E-state index in [1.165, 1.54) is 0 Å². The molecule has 1 saturated heterocycles. The highest BCUT2D eigenvalue weighted by Crippen LogP contribution is 2.23. The summed E-state index contributed by atoms with van der Waals surface area (Å²) in [6, 6.07) is 5.59. The lowest BCUT2D eigenvalue weighted by Crippen LogP contribution is -2.42. The minimum absolute atomic E-state index is 0.135. The van der Waals surface area contributed by atoms with Crippen molar-refractivity contribution in [2.75, 3.05) is 13.1 Å². The average molecular weight is 268 g/mol. The van der Waals surface area contributed by atoms with Gasteiger partial charge < -0.3 is 5.73 Å². The van der Waals surface area contributed by atoms with Crippen LogP contribution in [0.4, 0.5) is 0 Å². The SMILES string of the molecule is Cc1ccc(S(=O)(=O)N2CCC(N)CC2)c(C)c1. The molecule has 0 saturated carbocycles. The van der Waals surface area contributed by atoms with Gasteiger partial charge in [-0.3, -0.25) is 0 Å². The molecular weight excluding hydrogens is 248 g/mol. The van der Waals surface area contributed by atoms with Crippen LogP contribution in [0.3, 0.4) is 0 Å². The highest BCUT2D eigenvalue weighted by molar-refractivity contribution is 7.89. The van der Waals surface area contributed by atoms with Gasteiger partial charge in [0.15, 0.2) is 0 Å². The maximum atomic E-state index is 12.5. The molecule has 1 aromatic carbocycles. The summed E-state index contributed by atoms with van der Waals surface area (Å²) in [6.45, 7) is 4.85. The van der Waals surface area contributed by atoms with Crippen LogP contribution in [0.15, 0.2) is 23.1 Å². The third-order valence-electron chi connectivity index (χ3n) is 3.45. The smallest absolute Gasteiger partial charge is 0.243 e. The normalized spacial score (nSPS) is 19.1. The molecule has 0 amide bonds. The van der Waals surface area contributed by atoms with Crippen molar-refractivity contribution in [2.45, 2.75) is 37.6 Å². The highest BCUT2D eigenvalue weighted by atomic mass is 32.2. The molecule has 100 valence electrons. The number of nitrogens with two attached hydrogens (primary N) is 1. The van der Waals surface area contributed by atoms with Crippen molar-refractivity contribution in [3.63, 3.8) is 0 Å². The fourth-order valence-electron chi connectivity index (χ4n) is 2.34. The first-order valence-electron chi connectivity index (χ1n) is 6.24. The van der Waals surface area contributed by atoms with Gasteiger partial charge in [-0.15, -0.1) is 0 Å². The van der Waals surface area contributed by atoms with E-state index >= 15 is 0 Å². The van der Waals surface area contributed by atoms with Crippen LogP contribution in [-0.4, -0.2) is 31.9 Å². The fourth-order valence-corrected chi connectivity index (χ4v) is 4.02. The molecular formula is C13H20N2O2S. The van der Waals surface area contributed by atoms with Gasteiger partial charge in [-0.2, -0.15) is 4.31 Å². The molecule has 0 aliphatic carbocycles. The van der Waals surface area contributed by atoms with Crippen LogP contribution in [0.5, 0.6) is 0 Å². The summed E-state index contributed by atoms with van der Waals surface area (Å²) in [4.78, 5) is 0.420. The molecule has 18 heavy (non-hydrogen) atoms. The average Bonchev–Trinajstić information content (AvgIpc) is 2.29. The number of hydrogen-bond donors (Lipinski definition) is 1. The zero-order valence-corrected chi connectivity index (χ0v) is 11.7. The predicted molar refractivity (Wildman–Crippen MR) is 71.9 cm³/mol. The Bertz CT molecular complexity index is 532. The van der Waals surface area contributed by atoms with E-state index in [4.69, 9.17) is 5.73 Å². The van der Waals surface area contributed by atoms with E-state index in [-0.39, 0.29) is 6.04 Å². The molecule has 1 fully saturated rings. The van der Waals surface area contributed by atoms with Crippen LogP contribution in [0, 0.1) is 13.8 Å². The first-order chi connectivity index (χ1) is 8.41. The summed E-state index contributed by atoms with van der Waals surface area (Å²) >= 11 is 0. The zero-order valence-electron chi connectivity index (χ0n) is 10.9. The van der Waals surface area contributed by atoms with Crippen LogP contribution in [0.1, 0.15) is 24.0 Å². The standard InChI is InChI=1S/C13H20N2O2S/c1-10-3-4-13(11(2)9-10)18(16,17)15-7-5-12(14)6-8-15/h3-4,9,12H,5-8,14H2,1-2H3. The summed E-state index contributed by atoms with van der Waals surface area (Å²) in [5.74, 6) is 0. The number of nitrogens with zero attached hydrogens (tertiary/aromatic N) is 1. The van der Waals surface area contributed by atoms with Crippen LogP contribution in [-0.2, 0) is 10.0 Å². The third-order valence-corrected chi connectivity index (χ3v) is 5.51. The lowest BCUT2D eigenvalue weighted by molar-refractivity contribution is 0.320. The van der Waals surface area contributed by atoms with Crippen molar-refractivity contribution in [3.05, 3.63) is 29.3 Å².